The number of hydrogen-bond acceptors (Lipinski definition) is 3. The van der Waals surface area contributed by atoms with E-state index in [2.05, 4.69) is 31.6 Å². The number of hydrogen-bond donors (Lipinski definition) is 2. The molecule has 2 rings (SSSR count). The third-order valence-electron chi connectivity index (χ3n) is 2.14. The summed E-state index contributed by atoms with van der Waals surface area (Å²) in [6.45, 7) is 0.772. The summed E-state index contributed by atoms with van der Waals surface area (Å²) in [6.07, 6.45) is 3.44. The van der Waals surface area contributed by atoms with Crippen LogP contribution in [0.1, 0.15) is 5.56 Å². The Morgan fingerprint density at radius 2 is 2.39 bits per heavy atom. The Labute approximate surface area is 118 Å². The van der Waals surface area contributed by atoms with Crippen molar-refractivity contribution in [2.45, 2.75) is 0 Å². The van der Waals surface area contributed by atoms with Crippen molar-refractivity contribution in [3.63, 3.8) is 0 Å². The van der Waals surface area contributed by atoms with Crippen LogP contribution < -0.4 is 10.6 Å². The molecule has 0 saturated heterocycles. The van der Waals surface area contributed by atoms with E-state index in [1.165, 1.54) is 0 Å². The number of carbonyl (C=O) groups is 1. The summed E-state index contributed by atoms with van der Waals surface area (Å²) in [5, 5.41) is 6.00. The van der Waals surface area contributed by atoms with Gasteiger partial charge in [0.1, 0.15) is 0 Å². The summed E-state index contributed by atoms with van der Waals surface area (Å²) in [4.78, 5) is 15.6. The van der Waals surface area contributed by atoms with Gasteiger partial charge in [0.05, 0.1) is 6.54 Å². The standard InChI is InChI=1S/C12H12BrN3OS/c13-10-3-1-2-9(8-10)4-5-14-11(17)16-12-15-6-7-18-12/h1-5,8H,6-7H2,(H2,14,15,16,17)/b5-4+. The van der Waals surface area contributed by atoms with Crippen molar-refractivity contribution >= 4 is 45.0 Å². The molecule has 1 aliphatic heterocycles. The molecule has 1 heterocycles. The van der Waals surface area contributed by atoms with E-state index < -0.39 is 0 Å². The zero-order chi connectivity index (χ0) is 12.8. The van der Waals surface area contributed by atoms with Crippen LogP contribution in [-0.4, -0.2) is 23.5 Å². The normalized spacial score (nSPS) is 14.6. The minimum Gasteiger partial charge on any atom is -0.314 e. The summed E-state index contributed by atoms with van der Waals surface area (Å²) >= 11 is 4.94. The van der Waals surface area contributed by atoms with E-state index in [-0.39, 0.29) is 6.03 Å². The minimum atomic E-state index is -0.269. The topological polar surface area (TPSA) is 53.5 Å². The van der Waals surface area contributed by atoms with Gasteiger partial charge in [-0.1, -0.05) is 39.8 Å². The Kier molecular flexibility index (Phi) is 4.83. The highest BCUT2D eigenvalue weighted by molar-refractivity contribution is 9.10. The Morgan fingerprint density at radius 3 is 3.11 bits per heavy atom. The first-order valence-electron chi connectivity index (χ1n) is 5.41. The number of amides is 2. The molecular formula is C12H12BrN3OS. The van der Waals surface area contributed by atoms with Gasteiger partial charge in [-0.3, -0.25) is 10.3 Å². The molecule has 6 heteroatoms. The molecule has 0 fully saturated rings. The zero-order valence-corrected chi connectivity index (χ0v) is 11.9. The molecule has 0 radical (unpaired) electrons. The number of aliphatic imine (C=N–C) groups is 1. The van der Waals surface area contributed by atoms with Gasteiger partial charge in [-0.05, 0) is 23.8 Å². The maximum Gasteiger partial charge on any atom is 0.324 e. The SMILES string of the molecule is O=C(N/C=C/c1cccc(Br)c1)NC1=NCCS1. The molecule has 0 unspecified atom stereocenters. The number of rotatable bonds is 2. The van der Waals surface area contributed by atoms with Gasteiger partial charge >= 0.3 is 6.03 Å². The highest BCUT2D eigenvalue weighted by Crippen LogP contribution is 2.12. The Bertz CT molecular complexity index is 502. The highest BCUT2D eigenvalue weighted by atomic mass is 79.9. The number of benzene rings is 1. The Morgan fingerprint density at radius 1 is 1.50 bits per heavy atom. The van der Waals surface area contributed by atoms with Gasteiger partial charge in [0.25, 0.3) is 0 Å². The molecule has 18 heavy (non-hydrogen) atoms. The van der Waals surface area contributed by atoms with Crippen LogP contribution in [0.25, 0.3) is 6.08 Å². The Balaban J connectivity index is 1.81. The van der Waals surface area contributed by atoms with Gasteiger partial charge in [0, 0.05) is 16.4 Å². The maximum atomic E-state index is 11.5. The first-order chi connectivity index (χ1) is 8.74. The molecule has 0 spiro atoms. The number of nitrogens with zero attached hydrogens (tertiary/aromatic N) is 1. The van der Waals surface area contributed by atoms with Crippen molar-refractivity contribution in [3.05, 3.63) is 40.5 Å². The van der Waals surface area contributed by atoms with Crippen molar-refractivity contribution < 1.29 is 4.79 Å². The quantitative estimate of drug-likeness (QED) is 0.878. The summed E-state index contributed by atoms with van der Waals surface area (Å²) in [6, 6.07) is 7.54. The van der Waals surface area contributed by atoms with Gasteiger partial charge in [-0.2, -0.15) is 0 Å². The van der Waals surface area contributed by atoms with Crippen LogP contribution in [-0.2, 0) is 0 Å². The molecule has 2 amide bonds. The number of halogens is 1. The predicted molar refractivity (Wildman–Crippen MR) is 79.6 cm³/mol. The fourth-order valence-electron chi connectivity index (χ4n) is 1.37. The van der Waals surface area contributed by atoms with Gasteiger partial charge < -0.3 is 5.32 Å². The van der Waals surface area contributed by atoms with E-state index in [1.54, 1.807) is 18.0 Å². The number of carbonyl (C=O) groups excluding carboxylic acids is 1. The molecule has 0 saturated carbocycles. The van der Waals surface area contributed by atoms with Crippen LogP contribution in [0.4, 0.5) is 4.79 Å². The average molecular weight is 326 g/mol. The van der Waals surface area contributed by atoms with Crippen molar-refractivity contribution in [1.82, 2.24) is 10.6 Å². The van der Waals surface area contributed by atoms with Crippen LogP contribution in [0, 0.1) is 0 Å². The third-order valence-corrected chi connectivity index (χ3v) is 3.53. The van der Waals surface area contributed by atoms with E-state index in [1.807, 2.05) is 30.3 Å². The molecule has 1 aromatic rings. The molecule has 0 bridgehead atoms. The van der Waals surface area contributed by atoms with E-state index in [0.29, 0.717) is 5.17 Å². The second-order valence-corrected chi connectivity index (χ2v) is 5.52. The first kappa shape index (κ1) is 13.2. The second-order valence-electron chi connectivity index (χ2n) is 3.52. The van der Waals surface area contributed by atoms with Crippen LogP contribution >= 0.6 is 27.7 Å². The van der Waals surface area contributed by atoms with Gasteiger partial charge in [0.15, 0.2) is 5.17 Å². The maximum absolute atomic E-state index is 11.5. The lowest BCUT2D eigenvalue weighted by Gasteiger charge is -2.02. The van der Waals surface area contributed by atoms with Crippen molar-refractivity contribution in [2.75, 3.05) is 12.3 Å². The summed E-state index contributed by atoms with van der Waals surface area (Å²) in [5.74, 6) is 0.934. The minimum absolute atomic E-state index is 0.269. The smallest absolute Gasteiger partial charge is 0.314 e. The molecule has 4 nitrogen and oxygen atoms in total. The number of urea groups is 1. The van der Waals surface area contributed by atoms with Crippen molar-refractivity contribution in [2.24, 2.45) is 4.99 Å². The van der Waals surface area contributed by atoms with Crippen LogP contribution in [0.15, 0.2) is 39.9 Å². The predicted octanol–water partition coefficient (Wildman–Crippen LogP) is 2.82. The fourth-order valence-corrected chi connectivity index (χ4v) is 2.51. The number of thioether (sulfide) groups is 1. The van der Waals surface area contributed by atoms with Crippen LogP contribution in [0.3, 0.4) is 0 Å². The molecule has 1 aromatic carbocycles. The Hall–Kier alpha value is -1.27. The summed E-state index contributed by atoms with van der Waals surface area (Å²) < 4.78 is 1.01. The molecule has 0 aromatic heterocycles. The molecule has 94 valence electrons. The fraction of sp³-hybridized carbons (Fsp3) is 0.167. The largest absolute Gasteiger partial charge is 0.324 e. The van der Waals surface area contributed by atoms with Gasteiger partial charge in [-0.15, -0.1) is 0 Å². The van der Waals surface area contributed by atoms with Crippen molar-refractivity contribution in [3.8, 4) is 0 Å². The lowest BCUT2D eigenvalue weighted by Crippen LogP contribution is -2.34. The van der Waals surface area contributed by atoms with Crippen LogP contribution in [0.5, 0.6) is 0 Å². The van der Waals surface area contributed by atoms with E-state index in [4.69, 9.17) is 0 Å². The molecule has 0 aliphatic carbocycles. The second kappa shape index (κ2) is 6.61. The first-order valence-corrected chi connectivity index (χ1v) is 7.19. The lowest BCUT2D eigenvalue weighted by atomic mass is 10.2. The van der Waals surface area contributed by atoms with Crippen molar-refractivity contribution in [1.29, 1.82) is 0 Å². The number of nitrogens with one attached hydrogen (secondary N) is 2. The molecule has 0 atom stereocenters. The third kappa shape index (κ3) is 4.19. The monoisotopic (exact) mass is 325 g/mol. The van der Waals surface area contributed by atoms with E-state index in [0.717, 1.165) is 22.3 Å². The zero-order valence-electron chi connectivity index (χ0n) is 9.52. The lowest BCUT2D eigenvalue weighted by molar-refractivity contribution is 0.248. The molecular weight excluding hydrogens is 314 g/mol. The summed E-state index contributed by atoms with van der Waals surface area (Å²) in [5.41, 5.74) is 1.01. The van der Waals surface area contributed by atoms with Gasteiger partial charge in [-0.25, -0.2) is 4.79 Å². The summed E-state index contributed by atoms with van der Waals surface area (Å²) in [7, 11) is 0. The van der Waals surface area contributed by atoms with E-state index >= 15 is 0 Å². The molecule has 2 N–H and O–H groups in total. The molecule has 1 aliphatic rings. The van der Waals surface area contributed by atoms with Gasteiger partial charge in [0.2, 0.25) is 0 Å². The number of amidine groups is 1. The van der Waals surface area contributed by atoms with E-state index in [9.17, 15) is 4.79 Å². The average Bonchev–Trinajstić information content (AvgIpc) is 2.82. The highest BCUT2D eigenvalue weighted by Gasteiger charge is 2.08. The van der Waals surface area contributed by atoms with Crippen LogP contribution in [0.2, 0.25) is 0 Å².